The van der Waals surface area contributed by atoms with Crippen molar-refractivity contribution in [1.82, 2.24) is 4.72 Å². The minimum Gasteiger partial charge on any atom is -0.469 e. The zero-order chi connectivity index (χ0) is 16.2. The highest BCUT2D eigenvalue weighted by molar-refractivity contribution is 7.90. The number of carbonyl (C=O) groups excluding carboxylic acids is 1. The Bertz CT molecular complexity index is 478. The normalized spacial score (nSPS) is 27.4. The van der Waals surface area contributed by atoms with E-state index in [1.54, 1.807) is 7.11 Å². The molecule has 0 atom stereocenters. The number of hydrogen-bond donors (Lipinski definition) is 1. The van der Waals surface area contributed by atoms with Crippen molar-refractivity contribution >= 4 is 16.0 Å². The number of hydrogen-bond acceptors (Lipinski definition) is 5. The molecule has 2 rings (SSSR count). The molecule has 0 spiro atoms. The van der Waals surface area contributed by atoms with E-state index in [-0.39, 0.29) is 17.3 Å². The molecule has 0 radical (unpaired) electrons. The Hall–Kier alpha value is -0.660. The highest BCUT2D eigenvalue weighted by Gasteiger charge is 2.44. The van der Waals surface area contributed by atoms with Crippen LogP contribution in [0.3, 0.4) is 0 Å². The number of sulfonamides is 1. The van der Waals surface area contributed by atoms with Gasteiger partial charge in [0.15, 0.2) is 0 Å². The molecule has 2 aliphatic carbocycles. The molecule has 128 valence electrons. The predicted molar refractivity (Wildman–Crippen MR) is 82.8 cm³/mol. The van der Waals surface area contributed by atoms with Gasteiger partial charge in [-0.05, 0) is 37.5 Å². The highest BCUT2D eigenvalue weighted by Crippen LogP contribution is 2.41. The molecule has 0 aliphatic heterocycles. The molecule has 0 amide bonds. The van der Waals surface area contributed by atoms with Crippen LogP contribution in [0.1, 0.15) is 44.9 Å². The molecule has 0 aromatic heterocycles. The van der Waals surface area contributed by atoms with E-state index in [0.29, 0.717) is 26.0 Å². The van der Waals surface area contributed by atoms with Crippen LogP contribution in [0.2, 0.25) is 0 Å². The van der Waals surface area contributed by atoms with Gasteiger partial charge in [-0.15, -0.1) is 0 Å². The first-order valence-corrected chi connectivity index (χ1v) is 9.52. The van der Waals surface area contributed by atoms with E-state index in [0.717, 1.165) is 32.1 Å². The summed E-state index contributed by atoms with van der Waals surface area (Å²) < 4.78 is 37.3. The van der Waals surface area contributed by atoms with Crippen LogP contribution in [-0.2, 0) is 24.3 Å². The largest absolute Gasteiger partial charge is 0.469 e. The topological polar surface area (TPSA) is 81.7 Å². The van der Waals surface area contributed by atoms with Crippen molar-refractivity contribution in [2.24, 2.45) is 11.3 Å². The molecule has 7 heteroatoms. The zero-order valence-corrected chi connectivity index (χ0v) is 14.3. The molecular formula is C15H27NO5S. The van der Waals surface area contributed by atoms with Gasteiger partial charge in [-0.2, -0.15) is 0 Å². The van der Waals surface area contributed by atoms with E-state index < -0.39 is 15.3 Å². The van der Waals surface area contributed by atoms with E-state index >= 15 is 0 Å². The summed E-state index contributed by atoms with van der Waals surface area (Å²) in [6, 6.07) is 0. The molecule has 2 saturated carbocycles. The van der Waals surface area contributed by atoms with Gasteiger partial charge in [-0.25, -0.2) is 13.1 Å². The van der Waals surface area contributed by atoms with Gasteiger partial charge in [0.05, 0.1) is 18.3 Å². The average molecular weight is 333 g/mol. The van der Waals surface area contributed by atoms with E-state index in [2.05, 4.69) is 9.46 Å². The van der Waals surface area contributed by atoms with Crippen molar-refractivity contribution in [2.45, 2.75) is 50.2 Å². The van der Waals surface area contributed by atoms with Crippen LogP contribution in [0.4, 0.5) is 0 Å². The lowest BCUT2D eigenvalue weighted by Crippen LogP contribution is -2.48. The number of rotatable bonds is 8. The zero-order valence-electron chi connectivity index (χ0n) is 13.5. The quantitative estimate of drug-likeness (QED) is 0.680. The third kappa shape index (κ3) is 4.00. The summed E-state index contributed by atoms with van der Waals surface area (Å²) in [6.45, 7) is 1.15. The summed E-state index contributed by atoms with van der Waals surface area (Å²) >= 11 is 0. The number of nitrogens with one attached hydrogen (secondary N) is 1. The first kappa shape index (κ1) is 17.7. The Morgan fingerprint density at radius 3 is 2.41 bits per heavy atom. The maximum absolute atomic E-state index is 12.3. The number of carbonyl (C=O) groups is 1. The molecule has 6 nitrogen and oxygen atoms in total. The molecule has 0 bridgehead atoms. The van der Waals surface area contributed by atoms with Gasteiger partial charge < -0.3 is 9.47 Å². The molecule has 0 aromatic carbocycles. The maximum Gasteiger partial charge on any atom is 0.308 e. The molecule has 0 unspecified atom stereocenters. The summed E-state index contributed by atoms with van der Waals surface area (Å²) in [5, 5.41) is -0.461. The predicted octanol–water partition coefficient (Wildman–Crippen LogP) is 1.45. The number of ether oxygens (including phenoxy) is 2. The van der Waals surface area contributed by atoms with Gasteiger partial charge in [-0.1, -0.05) is 12.8 Å². The Kier molecular flexibility index (Phi) is 5.85. The van der Waals surface area contributed by atoms with E-state index in [9.17, 15) is 13.2 Å². The third-order valence-corrected chi connectivity index (χ3v) is 7.03. The van der Waals surface area contributed by atoms with Crippen molar-refractivity contribution < 1.29 is 22.7 Å². The molecule has 2 fully saturated rings. The fourth-order valence-electron chi connectivity index (χ4n) is 3.51. The summed E-state index contributed by atoms with van der Waals surface area (Å²) in [5.41, 5.74) is 0.0363. The van der Waals surface area contributed by atoms with Crippen LogP contribution >= 0.6 is 0 Å². The van der Waals surface area contributed by atoms with Gasteiger partial charge >= 0.3 is 5.97 Å². The van der Waals surface area contributed by atoms with Crippen molar-refractivity contribution in [3.8, 4) is 0 Å². The summed E-state index contributed by atoms with van der Waals surface area (Å²) in [4.78, 5) is 11.4. The Morgan fingerprint density at radius 2 is 1.86 bits per heavy atom. The van der Waals surface area contributed by atoms with Gasteiger partial charge in [-0.3, -0.25) is 4.79 Å². The second-order valence-corrected chi connectivity index (χ2v) is 8.67. The van der Waals surface area contributed by atoms with E-state index in [1.165, 1.54) is 7.11 Å². The second kappa shape index (κ2) is 7.27. The molecule has 0 heterocycles. The lowest BCUT2D eigenvalue weighted by molar-refractivity contribution is -0.148. The van der Waals surface area contributed by atoms with Gasteiger partial charge in [0.1, 0.15) is 0 Å². The van der Waals surface area contributed by atoms with E-state index in [4.69, 9.17) is 4.74 Å². The fraction of sp³-hybridized carbons (Fsp3) is 0.933. The lowest BCUT2D eigenvalue weighted by Gasteiger charge is -2.35. The Balaban J connectivity index is 1.85. The Labute approximate surface area is 133 Å². The van der Waals surface area contributed by atoms with Crippen LogP contribution in [0.25, 0.3) is 0 Å². The first-order chi connectivity index (χ1) is 10.4. The fourth-order valence-corrected chi connectivity index (χ4v) is 5.22. The smallest absolute Gasteiger partial charge is 0.308 e. The van der Waals surface area contributed by atoms with Crippen molar-refractivity contribution in [2.75, 3.05) is 27.4 Å². The lowest BCUT2D eigenvalue weighted by atomic mass is 9.83. The summed E-state index contributed by atoms with van der Waals surface area (Å²) in [5.74, 6) is -0.570. The van der Waals surface area contributed by atoms with Crippen LogP contribution in [0.15, 0.2) is 0 Å². The van der Waals surface area contributed by atoms with Crippen LogP contribution in [0, 0.1) is 11.3 Å². The molecule has 0 aromatic rings. The van der Waals surface area contributed by atoms with Crippen LogP contribution in [0.5, 0.6) is 0 Å². The van der Waals surface area contributed by atoms with Crippen molar-refractivity contribution in [3.63, 3.8) is 0 Å². The van der Waals surface area contributed by atoms with Crippen LogP contribution in [-0.4, -0.2) is 47.0 Å². The third-order valence-electron chi connectivity index (χ3n) is 5.22. The van der Waals surface area contributed by atoms with E-state index in [1.807, 2.05) is 0 Å². The second-order valence-electron chi connectivity index (χ2n) is 6.63. The van der Waals surface area contributed by atoms with Crippen molar-refractivity contribution in [3.05, 3.63) is 0 Å². The van der Waals surface area contributed by atoms with Crippen molar-refractivity contribution in [1.29, 1.82) is 0 Å². The number of esters is 1. The van der Waals surface area contributed by atoms with Crippen LogP contribution < -0.4 is 4.72 Å². The van der Waals surface area contributed by atoms with Gasteiger partial charge in [0.2, 0.25) is 10.0 Å². The molecule has 2 aliphatic rings. The first-order valence-electron chi connectivity index (χ1n) is 7.98. The summed E-state index contributed by atoms with van der Waals surface area (Å²) in [6.07, 6.45) is 6.03. The Morgan fingerprint density at radius 1 is 1.23 bits per heavy atom. The highest BCUT2D eigenvalue weighted by atomic mass is 32.2. The molecular weight excluding hydrogens is 306 g/mol. The SMILES string of the molecule is COCCC1(CNS(=O)(=O)C2CC(C(=O)OC)C2)CCCC1. The maximum atomic E-state index is 12.3. The number of methoxy groups -OCH3 is 2. The van der Waals surface area contributed by atoms with Gasteiger partial charge in [0.25, 0.3) is 0 Å². The molecule has 1 N–H and O–H groups in total. The average Bonchev–Trinajstić information content (AvgIpc) is 2.90. The minimum absolute atomic E-state index is 0.0363. The minimum atomic E-state index is -3.35. The monoisotopic (exact) mass is 333 g/mol. The molecule has 22 heavy (non-hydrogen) atoms. The standard InChI is InChI=1S/C15H27NO5S/c1-20-8-7-15(5-3-4-6-15)11-16-22(18,19)13-9-12(10-13)14(17)21-2/h12-13,16H,3-11H2,1-2H3. The van der Waals surface area contributed by atoms with Gasteiger partial charge in [0, 0.05) is 20.3 Å². The summed E-state index contributed by atoms with van der Waals surface area (Å²) in [7, 11) is -0.337. The molecule has 0 saturated heterocycles.